The number of hydrogen-bond acceptors (Lipinski definition) is 2. The summed E-state index contributed by atoms with van der Waals surface area (Å²) in [5, 5.41) is 0. The van der Waals surface area contributed by atoms with Crippen molar-refractivity contribution in [2.45, 2.75) is 59.0 Å². The summed E-state index contributed by atoms with van der Waals surface area (Å²) in [5.41, 5.74) is 9.58. The Hall–Kier alpha value is -0.800. The third kappa shape index (κ3) is 3.89. The van der Waals surface area contributed by atoms with Crippen LogP contribution in [0.5, 0.6) is 0 Å². The lowest BCUT2D eigenvalue weighted by atomic mass is 9.74. The summed E-state index contributed by atoms with van der Waals surface area (Å²) in [7, 11) is 4.33. The second kappa shape index (κ2) is 6.13. The Balaban J connectivity index is 2.34. The zero-order valence-electron chi connectivity index (χ0n) is 14.7. The number of likely N-dealkylation sites (N-methyl/N-ethyl adjacent to an activating group) is 1. The van der Waals surface area contributed by atoms with Gasteiger partial charge in [-0.05, 0) is 56.3 Å². The largest absolute Gasteiger partial charge is 0.347 e. The van der Waals surface area contributed by atoms with Crippen molar-refractivity contribution in [1.82, 2.24) is 9.47 Å². The monoisotopic (exact) mass is 291 g/mol. The van der Waals surface area contributed by atoms with Gasteiger partial charge in [0.05, 0.1) is 0 Å². The van der Waals surface area contributed by atoms with E-state index in [0.717, 1.165) is 19.4 Å². The molecule has 0 aliphatic heterocycles. The van der Waals surface area contributed by atoms with Gasteiger partial charge in [-0.1, -0.05) is 27.7 Å². The van der Waals surface area contributed by atoms with Crippen LogP contribution in [0.3, 0.4) is 0 Å². The molecule has 0 amide bonds. The van der Waals surface area contributed by atoms with E-state index in [9.17, 15) is 0 Å². The average Bonchev–Trinajstić information content (AvgIpc) is 2.68. The van der Waals surface area contributed by atoms with E-state index in [1.165, 1.54) is 17.7 Å². The molecular formula is C18H33N3. The highest BCUT2D eigenvalue weighted by Gasteiger charge is 2.33. The summed E-state index contributed by atoms with van der Waals surface area (Å²) in [4.78, 5) is 2.30. The van der Waals surface area contributed by atoms with E-state index in [1.54, 1.807) is 0 Å². The first-order valence-electron chi connectivity index (χ1n) is 8.29. The lowest BCUT2D eigenvalue weighted by Crippen LogP contribution is -2.33. The second-order valence-corrected chi connectivity index (χ2v) is 8.32. The van der Waals surface area contributed by atoms with Crippen molar-refractivity contribution in [3.63, 3.8) is 0 Å². The molecule has 0 fully saturated rings. The van der Waals surface area contributed by atoms with Gasteiger partial charge in [0.1, 0.15) is 0 Å². The maximum atomic E-state index is 6.41. The number of nitrogens with two attached hydrogens (primary N) is 1. The summed E-state index contributed by atoms with van der Waals surface area (Å²) >= 11 is 0. The van der Waals surface area contributed by atoms with Gasteiger partial charge in [0.25, 0.3) is 0 Å². The normalized spacial score (nSPS) is 22.6. The van der Waals surface area contributed by atoms with Gasteiger partial charge >= 0.3 is 0 Å². The fraction of sp³-hybridized carbons (Fsp3) is 0.778. The van der Waals surface area contributed by atoms with Gasteiger partial charge < -0.3 is 15.2 Å². The average molecular weight is 291 g/mol. The zero-order valence-corrected chi connectivity index (χ0v) is 14.7. The molecule has 0 bridgehead atoms. The van der Waals surface area contributed by atoms with E-state index in [2.05, 4.69) is 63.5 Å². The lowest BCUT2D eigenvalue weighted by molar-refractivity contribution is 0.251. The van der Waals surface area contributed by atoms with Crippen molar-refractivity contribution < 1.29 is 0 Å². The van der Waals surface area contributed by atoms with Gasteiger partial charge in [-0.3, -0.25) is 0 Å². The highest BCUT2D eigenvalue weighted by Crippen LogP contribution is 2.41. The van der Waals surface area contributed by atoms with Gasteiger partial charge in [-0.15, -0.1) is 0 Å². The molecule has 0 aromatic carbocycles. The molecule has 21 heavy (non-hydrogen) atoms. The van der Waals surface area contributed by atoms with E-state index in [0.29, 0.717) is 17.4 Å². The molecule has 1 aromatic rings. The Morgan fingerprint density at radius 1 is 1.38 bits per heavy atom. The van der Waals surface area contributed by atoms with Crippen LogP contribution in [0.15, 0.2) is 12.3 Å². The molecule has 3 nitrogen and oxygen atoms in total. The molecule has 1 aromatic heterocycles. The predicted molar refractivity (Wildman–Crippen MR) is 90.5 cm³/mol. The number of fused-ring (bicyclic) bond motifs is 1. The van der Waals surface area contributed by atoms with Gasteiger partial charge in [0.2, 0.25) is 0 Å². The lowest BCUT2D eigenvalue weighted by Gasteiger charge is -2.36. The Morgan fingerprint density at radius 3 is 2.62 bits per heavy atom. The summed E-state index contributed by atoms with van der Waals surface area (Å²) in [5.74, 6) is 0.707. The standard InChI is InChI=1S/C18H33N3/c1-13(2)9-14(12-20(5)6)21-8-7-15-16(19)10-18(3,4)11-17(15)21/h7-8,13-14,16H,9-12,19H2,1-6H3. The van der Waals surface area contributed by atoms with Crippen LogP contribution in [0, 0.1) is 11.3 Å². The minimum Gasteiger partial charge on any atom is -0.347 e. The smallest absolute Gasteiger partial charge is 0.0462 e. The molecule has 0 saturated carbocycles. The molecule has 0 saturated heterocycles. The number of aromatic nitrogens is 1. The Kier molecular flexibility index (Phi) is 4.84. The van der Waals surface area contributed by atoms with Gasteiger partial charge in [0.15, 0.2) is 0 Å². The minimum absolute atomic E-state index is 0.198. The molecule has 0 spiro atoms. The highest BCUT2D eigenvalue weighted by atomic mass is 15.1. The first kappa shape index (κ1) is 16.6. The fourth-order valence-corrected chi connectivity index (χ4v) is 3.84. The van der Waals surface area contributed by atoms with Crippen LogP contribution in [0.1, 0.15) is 63.9 Å². The molecule has 3 heteroatoms. The summed E-state index contributed by atoms with van der Waals surface area (Å²) in [6.07, 6.45) is 5.73. The van der Waals surface area contributed by atoms with Crippen LogP contribution >= 0.6 is 0 Å². The fourth-order valence-electron chi connectivity index (χ4n) is 3.84. The minimum atomic E-state index is 0.198. The molecule has 2 unspecified atom stereocenters. The Bertz CT molecular complexity index is 461. The van der Waals surface area contributed by atoms with Crippen LogP contribution in [0.25, 0.3) is 0 Å². The Morgan fingerprint density at radius 2 is 2.05 bits per heavy atom. The number of nitrogens with zero attached hydrogens (tertiary/aromatic N) is 2. The van der Waals surface area contributed by atoms with Crippen molar-refractivity contribution in [1.29, 1.82) is 0 Å². The molecule has 1 aliphatic rings. The summed E-state index contributed by atoms with van der Waals surface area (Å²) < 4.78 is 2.52. The van der Waals surface area contributed by atoms with E-state index in [-0.39, 0.29) is 6.04 Å². The van der Waals surface area contributed by atoms with Gasteiger partial charge in [-0.25, -0.2) is 0 Å². The summed E-state index contributed by atoms with van der Waals surface area (Å²) in [6, 6.07) is 3.01. The number of hydrogen-bond donors (Lipinski definition) is 1. The zero-order chi connectivity index (χ0) is 15.8. The van der Waals surface area contributed by atoms with Crippen molar-refractivity contribution in [2.75, 3.05) is 20.6 Å². The molecule has 2 atom stereocenters. The molecule has 1 aliphatic carbocycles. The van der Waals surface area contributed by atoms with E-state index in [1.807, 2.05) is 0 Å². The van der Waals surface area contributed by atoms with E-state index in [4.69, 9.17) is 5.73 Å². The summed E-state index contributed by atoms with van der Waals surface area (Å²) in [6.45, 7) is 10.4. The first-order chi connectivity index (χ1) is 9.69. The molecule has 120 valence electrons. The first-order valence-corrected chi connectivity index (χ1v) is 8.29. The van der Waals surface area contributed by atoms with Crippen molar-refractivity contribution in [3.8, 4) is 0 Å². The van der Waals surface area contributed by atoms with Crippen molar-refractivity contribution in [2.24, 2.45) is 17.1 Å². The quantitative estimate of drug-likeness (QED) is 0.899. The maximum Gasteiger partial charge on any atom is 0.0462 e. The van der Waals surface area contributed by atoms with Gasteiger partial charge in [0, 0.05) is 30.5 Å². The molecular weight excluding hydrogens is 258 g/mol. The van der Waals surface area contributed by atoms with Crippen LogP contribution in [-0.4, -0.2) is 30.1 Å². The van der Waals surface area contributed by atoms with Gasteiger partial charge in [-0.2, -0.15) is 0 Å². The van der Waals surface area contributed by atoms with E-state index < -0.39 is 0 Å². The Labute approximate surface area is 130 Å². The number of rotatable bonds is 5. The highest BCUT2D eigenvalue weighted by molar-refractivity contribution is 5.30. The van der Waals surface area contributed by atoms with E-state index >= 15 is 0 Å². The van der Waals surface area contributed by atoms with Crippen LogP contribution < -0.4 is 5.73 Å². The maximum absolute atomic E-state index is 6.41. The molecule has 2 rings (SSSR count). The third-order valence-corrected chi connectivity index (χ3v) is 4.59. The SMILES string of the molecule is CC(C)CC(CN(C)C)n1ccc2c1CC(C)(C)CC2N. The molecule has 2 N–H and O–H groups in total. The van der Waals surface area contributed by atoms with Crippen LogP contribution in [0.2, 0.25) is 0 Å². The molecule has 0 radical (unpaired) electrons. The van der Waals surface area contributed by atoms with Crippen molar-refractivity contribution in [3.05, 3.63) is 23.5 Å². The van der Waals surface area contributed by atoms with Crippen molar-refractivity contribution >= 4 is 0 Å². The third-order valence-electron chi connectivity index (χ3n) is 4.59. The second-order valence-electron chi connectivity index (χ2n) is 8.32. The topological polar surface area (TPSA) is 34.2 Å². The van der Waals surface area contributed by atoms with Crippen LogP contribution in [0.4, 0.5) is 0 Å². The molecule has 1 heterocycles. The van der Waals surface area contributed by atoms with Crippen LogP contribution in [-0.2, 0) is 6.42 Å². The predicted octanol–water partition coefficient (Wildman–Crippen LogP) is 3.61.